The van der Waals surface area contributed by atoms with Crippen molar-refractivity contribution in [2.45, 2.75) is 124 Å². The molecule has 244 valence electrons. The number of ether oxygens (including phenoxy) is 1. The average Bonchev–Trinajstić information content (AvgIpc) is 2.88. The largest absolute Gasteiger partial charge is 0.444 e. The van der Waals surface area contributed by atoms with Crippen molar-refractivity contribution in [1.82, 2.24) is 15.5 Å². The lowest BCUT2D eigenvalue weighted by atomic mass is 9.78. The van der Waals surface area contributed by atoms with E-state index in [1.54, 1.807) is 25.7 Å². The molecule has 4 amide bonds. The van der Waals surface area contributed by atoms with Crippen molar-refractivity contribution in [2.24, 2.45) is 17.1 Å². The third-order valence-electron chi connectivity index (χ3n) is 7.38. The number of nitrogens with two attached hydrogens (primary N) is 1. The number of hydrogen-bond acceptors (Lipinski definition) is 7. The lowest BCUT2D eigenvalue weighted by molar-refractivity contribution is -0.141. The van der Waals surface area contributed by atoms with E-state index in [9.17, 15) is 29.4 Å². The molecule has 0 aromatic heterocycles. The number of primary amides is 1. The number of amides is 4. The zero-order chi connectivity index (χ0) is 33.1. The molecular formula is C32H54N4O7. The van der Waals surface area contributed by atoms with Crippen molar-refractivity contribution in [3.8, 4) is 0 Å². The fourth-order valence-electron chi connectivity index (χ4n) is 4.90. The van der Waals surface area contributed by atoms with E-state index in [2.05, 4.69) is 10.6 Å². The summed E-state index contributed by atoms with van der Waals surface area (Å²) in [6, 6.07) is 6.74. The fourth-order valence-corrected chi connectivity index (χ4v) is 4.90. The van der Waals surface area contributed by atoms with E-state index in [4.69, 9.17) is 10.5 Å². The Morgan fingerprint density at radius 2 is 1.51 bits per heavy atom. The van der Waals surface area contributed by atoms with Crippen molar-refractivity contribution in [2.75, 3.05) is 6.54 Å². The Bertz CT molecular complexity index is 1050. The van der Waals surface area contributed by atoms with Crippen molar-refractivity contribution >= 4 is 23.8 Å². The van der Waals surface area contributed by atoms with Gasteiger partial charge in [-0.05, 0) is 57.9 Å². The quantitative estimate of drug-likeness (QED) is 0.204. The topological polar surface area (TPSA) is 171 Å². The van der Waals surface area contributed by atoms with Crippen LogP contribution in [0, 0.1) is 11.3 Å². The fraction of sp³-hybridized carbons (Fsp3) is 0.688. The van der Waals surface area contributed by atoms with Crippen LogP contribution in [-0.2, 0) is 25.5 Å². The second-order valence-electron chi connectivity index (χ2n) is 13.3. The summed E-state index contributed by atoms with van der Waals surface area (Å²) in [5.41, 5.74) is 5.12. The van der Waals surface area contributed by atoms with Crippen LogP contribution in [0.25, 0.3) is 0 Å². The van der Waals surface area contributed by atoms with Crippen LogP contribution >= 0.6 is 0 Å². The number of carbonyl (C=O) groups is 4. The number of rotatable bonds is 15. The highest BCUT2D eigenvalue weighted by Gasteiger charge is 2.37. The molecule has 11 nitrogen and oxygen atoms in total. The van der Waals surface area contributed by atoms with Gasteiger partial charge in [0.1, 0.15) is 11.6 Å². The summed E-state index contributed by atoms with van der Waals surface area (Å²) in [5, 5.41) is 27.1. The summed E-state index contributed by atoms with van der Waals surface area (Å²) in [4.78, 5) is 53.3. The second kappa shape index (κ2) is 16.6. The molecule has 0 aliphatic rings. The van der Waals surface area contributed by atoms with Gasteiger partial charge in [0.15, 0.2) is 0 Å². The van der Waals surface area contributed by atoms with Gasteiger partial charge in [-0.3, -0.25) is 14.4 Å². The highest BCUT2D eigenvalue weighted by molar-refractivity contribution is 5.87. The van der Waals surface area contributed by atoms with E-state index >= 15 is 0 Å². The standard InChI is InChI=1S/C32H54N4O7/c1-10-22(11-2)36(26(39)18-23(28(33)40)31(4,5)6)19-25(38)24(17-21-15-13-12-14-16-21)34-29(41)27(20(3)37)35-30(42)43-32(7,8)9/h12-16,20,22-25,27,37-38H,10-11,17-19H2,1-9H3,(H2,33,40)(H,34,41)(H,35,42)/t20-,23+,24+,25-,27+/m1/s1. The van der Waals surface area contributed by atoms with E-state index < -0.39 is 59.1 Å². The molecule has 0 heterocycles. The molecule has 0 fully saturated rings. The van der Waals surface area contributed by atoms with Crippen LogP contribution in [-0.4, -0.2) is 81.4 Å². The Morgan fingerprint density at radius 1 is 0.953 bits per heavy atom. The van der Waals surface area contributed by atoms with Gasteiger partial charge in [0.05, 0.1) is 24.2 Å². The molecule has 6 N–H and O–H groups in total. The maximum Gasteiger partial charge on any atom is 0.408 e. The summed E-state index contributed by atoms with van der Waals surface area (Å²) in [6.07, 6.45) is -2.04. The Morgan fingerprint density at radius 3 is 1.95 bits per heavy atom. The van der Waals surface area contributed by atoms with Crippen LogP contribution in [0.5, 0.6) is 0 Å². The number of aliphatic hydroxyl groups is 2. The van der Waals surface area contributed by atoms with Crippen LogP contribution in [0.4, 0.5) is 4.79 Å². The zero-order valence-corrected chi connectivity index (χ0v) is 27.3. The van der Waals surface area contributed by atoms with Gasteiger partial charge in [-0.1, -0.05) is 65.0 Å². The molecule has 1 rings (SSSR count). The molecule has 0 bridgehead atoms. The van der Waals surface area contributed by atoms with Gasteiger partial charge in [0.2, 0.25) is 17.7 Å². The molecule has 5 atom stereocenters. The first-order chi connectivity index (χ1) is 19.8. The van der Waals surface area contributed by atoms with Gasteiger partial charge in [-0.2, -0.15) is 0 Å². The molecule has 0 unspecified atom stereocenters. The molecule has 11 heteroatoms. The van der Waals surface area contributed by atoms with E-state index in [-0.39, 0.29) is 31.3 Å². The first-order valence-corrected chi connectivity index (χ1v) is 15.1. The minimum absolute atomic E-state index is 0.109. The van der Waals surface area contributed by atoms with Gasteiger partial charge < -0.3 is 36.2 Å². The van der Waals surface area contributed by atoms with Crippen LogP contribution < -0.4 is 16.4 Å². The molecule has 0 aliphatic heterocycles. The van der Waals surface area contributed by atoms with Gasteiger partial charge in [-0.15, -0.1) is 0 Å². The van der Waals surface area contributed by atoms with Crippen molar-refractivity contribution in [3.63, 3.8) is 0 Å². The molecule has 0 radical (unpaired) electrons. The van der Waals surface area contributed by atoms with E-state index in [0.29, 0.717) is 12.8 Å². The van der Waals surface area contributed by atoms with E-state index in [1.165, 1.54) is 6.92 Å². The Kier molecular flexibility index (Phi) is 14.6. The average molecular weight is 607 g/mol. The van der Waals surface area contributed by atoms with Gasteiger partial charge in [0, 0.05) is 19.0 Å². The summed E-state index contributed by atoms with van der Waals surface area (Å²) in [6.45, 7) is 15.7. The van der Waals surface area contributed by atoms with Crippen LogP contribution in [0.15, 0.2) is 30.3 Å². The van der Waals surface area contributed by atoms with Crippen LogP contribution in [0.3, 0.4) is 0 Å². The maximum atomic E-state index is 13.7. The highest BCUT2D eigenvalue weighted by Crippen LogP contribution is 2.30. The number of alkyl carbamates (subject to hydrolysis) is 1. The Balaban J connectivity index is 3.34. The van der Waals surface area contributed by atoms with Crippen molar-refractivity contribution < 1.29 is 34.1 Å². The lowest BCUT2D eigenvalue weighted by Gasteiger charge is -2.37. The lowest BCUT2D eigenvalue weighted by Crippen LogP contribution is -2.59. The first-order valence-electron chi connectivity index (χ1n) is 15.1. The number of carbonyl (C=O) groups excluding carboxylic acids is 4. The van der Waals surface area contributed by atoms with Gasteiger partial charge >= 0.3 is 6.09 Å². The smallest absolute Gasteiger partial charge is 0.408 e. The molecule has 0 aliphatic carbocycles. The van der Waals surface area contributed by atoms with Crippen LogP contribution in [0.2, 0.25) is 0 Å². The maximum absolute atomic E-state index is 13.7. The monoisotopic (exact) mass is 606 g/mol. The summed E-state index contributed by atoms with van der Waals surface area (Å²) in [7, 11) is 0. The Hall–Kier alpha value is -3.18. The first kappa shape index (κ1) is 37.8. The molecular weight excluding hydrogens is 552 g/mol. The number of nitrogens with zero attached hydrogens (tertiary/aromatic N) is 1. The normalized spacial score (nSPS) is 15.5. The van der Waals surface area contributed by atoms with Crippen molar-refractivity contribution in [3.05, 3.63) is 35.9 Å². The zero-order valence-electron chi connectivity index (χ0n) is 27.3. The molecule has 0 saturated carbocycles. The Labute approximate surface area is 256 Å². The predicted octanol–water partition coefficient (Wildman–Crippen LogP) is 2.90. The minimum Gasteiger partial charge on any atom is -0.444 e. The van der Waals surface area contributed by atoms with E-state index in [0.717, 1.165) is 5.56 Å². The molecule has 0 spiro atoms. The minimum atomic E-state index is -1.36. The summed E-state index contributed by atoms with van der Waals surface area (Å²) >= 11 is 0. The third-order valence-corrected chi connectivity index (χ3v) is 7.38. The molecule has 0 saturated heterocycles. The highest BCUT2D eigenvalue weighted by atomic mass is 16.6. The van der Waals surface area contributed by atoms with Gasteiger partial charge in [0.25, 0.3) is 0 Å². The van der Waals surface area contributed by atoms with Crippen LogP contribution in [0.1, 0.15) is 87.1 Å². The SMILES string of the molecule is CCC(CC)N(C[C@@H](O)[C@H](Cc1ccccc1)NC(=O)[C@@H](NC(=O)OC(C)(C)C)[C@@H](C)O)C(=O)C[C@@H](C(N)=O)C(C)(C)C. The number of nitrogens with one attached hydrogen (secondary N) is 2. The van der Waals surface area contributed by atoms with Gasteiger partial charge in [-0.25, -0.2) is 4.79 Å². The summed E-state index contributed by atoms with van der Waals surface area (Å²) < 4.78 is 5.25. The number of benzene rings is 1. The second-order valence-corrected chi connectivity index (χ2v) is 13.3. The van der Waals surface area contributed by atoms with E-state index in [1.807, 2.05) is 65.0 Å². The number of hydrogen-bond donors (Lipinski definition) is 5. The number of aliphatic hydroxyl groups excluding tert-OH is 2. The molecule has 1 aromatic carbocycles. The van der Waals surface area contributed by atoms with Crippen molar-refractivity contribution in [1.29, 1.82) is 0 Å². The molecule has 43 heavy (non-hydrogen) atoms. The molecule has 1 aromatic rings. The third kappa shape index (κ3) is 12.9. The summed E-state index contributed by atoms with van der Waals surface area (Å²) in [5.74, 6) is -2.31. The predicted molar refractivity (Wildman–Crippen MR) is 166 cm³/mol.